The molecule has 14 nitrogen and oxygen atoms in total. The Balaban J connectivity index is 0.00000103. The molecule has 0 amide bonds. The number of aliphatic carboxylic acids is 1. The van der Waals surface area contributed by atoms with E-state index < -0.39 is 17.7 Å². The minimum Gasteiger partial charge on any atom is -0.493 e. The van der Waals surface area contributed by atoms with Crippen LogP contribution in [0.4, 0.5) is 5.69 Å². The molecule has 0 aliphatic heterocycles. The van der Waals surface area contributed by atoms with E-state index in [1.54, 1.807) is 57.7 Å². The predicted molar refractivity (Wildman–Crippen MR) is 146 cm³/mol. The highest BCUT2D eigenvalue weighted by molar-refractivity contribution is 5.95. The molecule has 14 heteroatoms. The van der Waals surface area contributed by atoms with Crippen molar-refractivity contribution in [3.8, 4) is 17.4 Å². The van der Waals surface area contributed by atoms with E-state index >= 15 is 0 Å². The van der Waals surface area contributed by atoms with Crippen molar-refractivity contribution in [1.29, 1.82) is 5.41 Å². The number of nitrogens with zero attached hydrogens (tertiary/aromatic N) is 4. The number of hydrogen-bond acceptors (Lipinski definition) is 10. The Hall–Kier alpha value is -5.24. The fourth-order valence-corrected chi connectivity index (χ4v) is 3.73. The number of H-pyrrole nitrogens is 1. The molecule has 4 rings (SSSR count). The zero-order valence-corrected chi connectivity index (χ0v) is 22.3. The second-order valence-electron chi connectivity index (χ2n) is 8.21. The lowest BCUT2D eigenvalue weighted by Crippen LogP contribution is -2.18. The van der Waals surface area contributed by atoms with Gasteiger partial charge < -0.3 is 30.4 Å². The molecule has 2 aromatic heterocycles. The molecule has 0 spiro atoms. The van der Waals surface area contributed by atoms with Crippen LogP contribution in [0.15, 0.2) is 59.7 Å². The number of nitrogens with two attached hydrogens (primary N) is 1. The number of aromatic amines is 1. The summed E-state index contributed by atoms with van der Waals surface area (Å²) >= 11 is 0. The summed E-state index contributed by atoms with van der Waals surface area (Å²) in [7, 11) is 4.69. The van der Waals surface area contributed by atoms with Crippen molar-refractivity contribution in [1.82, 2.24) is 24.7 Å². The number of nitrogens with one attached hydrogen (secondary N) is 3. The third-order valence-corrected chi connectivity index (χ3v) is 5.37. The molecule has 2 heterocycles. The smallest absolute Gasteiger partial charge is 0.350 e. The third kappa shape index (κ3) is 7.20. The fourth-order valence-electron chi connectivity index (χ4n) is 3.73. The van der Waals surface area contributed by atoms with E-state index in [4.69, 9.17) is 35.3 Å². The molecule has 0 saturated heterocycles. The van der Waals surface area contributed by atoms with Gasteiger partial charge in [-0.15, -0.1) is 9.78 Å². The standard InChI is InChI=1S/C24H26N8O4.C2H4O2/c1-34-13-16-11-15(12-18(35-2)20(16)36-3)19(29-17-7-5-14(6-8-17)21(25)26)22-30-24(33)32(31-22)23-27-9-4-10-28-23;1-2(3)4/h4-12,19,29H,13H2,1-3H3,(H3,25,26)(H,30,31,33);1H3,(H,3,4). The summed E-state index contributed by atoms with van der Waals surface area (Å²) in [6, 6.07) is 11.8. The van der Waals surface area contributed by atoms with Crippen molar-refractivity contribution in [2.24, 2.45) is 5.73 Å². The normalized spacial score (nSPS) is 11.1. The lowest BCUT2D eigenvalue weighted by Gasteiger charge is -2.21. The van der Waals surface area contributed by atoms with Crippen LogP contribution in [-0.2, 0) is 16.1 Å². The summed E-state index contributed by atoms with van der Waals surface area (Å²) in [4.78, 5) is 32.8. The van der Waals surface area contributed by atoms with E-state index in [-0.39, 0.29) is 18.4 Å². The van der Waals surface area contributed by atoms with Crippen LogP contribution in [0, 0.1) is 5.41 Å². The van der Waals surface area contributed by atoms with Crippen molar-refractivity contribution >= 4 is 17.5 Å². The summed E-state index contributed by atoms with van der Waals surface area (Å²) in [5.41, 5.74) is 7.87. The first-order chi connectivity index (χ1) is 19.2. The summed E-state index contributed by atoms with van der Waals surface area (Å²) in [5.74, 6) is 0.632. The molecule has 4 aromatic rings. The number of carboxylic acid groups (broad SMARTS) is 1. The molecule has 0 saturated carbocycles. The zero-order chi connectivity index (χ0) is 29.2. The van der Waals surface area contributed by atoms with Gasteiger partial charge in [0.25, 0.3) is 11.9 Å². The van der Waals surface area contributed by atoms with Crippen LogP contribution in [0.5, 0.6) is 11.5 Å². The average molecular weight is 551 g/mol. The third-order valence-electron chi connectivity index (χ3n) is 5.37. The van der Waals surface area contributed by atoms with Crippen LogP contribution < -0.4 is 26.2 Å². The quantitative estimate of drug-likeness (QED) is 0.143. The molecular weight excluding hydrogens is 520 g/mol. The predicted octanol–water partition coefficient (Wildman–Crippen LogP) is 2.09. The van der Waals surface area contributed by atoms with E-state index in [0.717, 1.165) is 22.7 Å². The number of benzene rings is 2. The van der Waals surface area contributed by atoms with E-state index in [1.807, 2.05) is 6.07 Å². The van der Waals surface area contributed by atoms with Gasteiger partial charge in [0.1, 0.15) is 11.9 Å². The Bertz CT molecular complexity index is 1500. The van der Waals surface area contributed by atoms with Gasteiger partial charge in [0.05, 0.1) is 20.8 Å². The first kappa shape index (κ1) is 29.3. The van der Waals surface area contributed by atoms with Gasteiger partial charge >= 0.3 is 5.69 Å². The van der Waals surface area contributed by atoms with Gasteiger partial charge in [0.2, 0.25) is 0 Å². The van der Waals surface area contributed by atoms with Gasteiger partial charge in [0.15, 0.2) is 17.3 Å². The van der Waals surface area contributed by atoms with Crippen LogP contribution in [0.25, 0.3) is 5.95 Å². The molecule has 1 unspecified atom stereocenters. The Morgan fingerprint density at radius 1 is 1.15 bits per heavy atom. The molecule has 0 radical (unpaired) electrons. The molecule has 0 bridgehead atoms. The van der Waals surface area contributed by atoms with Crippen LogP contribution in [-0.4, -0.2) is 63.0 Å². The highest BCUT2D eigenvalue weighted by Gasteiger charge is 2.24. The number of nitrogen functional groups attached to an aromatic ring is 1. The number of amidine groups is 1. The fraction of sp³-hybridized carbons (Fsp3) is 0.231. The number of anilines is 1. The second-order valence-corrected chi connectivity index (χ2v) is 8.21. The van der Waals surface area contributed by atoms with Gasteiger partial charge in [0, 0.05) is 43.2 Å². The number of carbonyl (C=O) groups is 1. The summed E-state index contributed by atoms with van der Waals surface area (Å²) in [5, 5.41) is 22.9. The summed E-state index contributed by atoms with van der Waals surface area (Å²) < 4.78 is 17.6. The molecular formula is C26H30N8O6. The summed E-state index contributed by atoms with van der Waals surface area (Å²) in [6.07, 6.45) is 3.06. The maximum Gasteiger partial charge on any atom is 0.350 e. The van der Waals surface area contributed by atoms with Crippen LogP contribution in [0.1, 0.15) is 35.5 Å². The molecule has 0 fully saturated rings. The van der Waals surface area contributed by atoms with Gasteiger partial charge in [-0.1, -0.05) is 0 Å². The molecule has 2 aromatic carbocycles. The molecule has 6 N–H and O–H groups in total. The monoisotopic (exact) mass is 550 g/mol. The van der Waals surface area contributed by atoms with Gasteiger partial charge in [-0.05, 0) is 48.0 Å². The van der Waals surface area contributed by atoms with Crippen LogP contribution in [0.2, 0.25) is 0 Å². The lowest BCUT2D eigenvalue weighted by molar-refractivity contribution is -0.134. The van der Waals surface area contributed by atoms with Gasteiger partial charge in [-0.2, -0.15) is 0 Å². The Labute approximate surface area is 229 Å². The van der Waals surface area contributed by atoms with E-state index in [1.165, 1.54) is 12.4 Å². The number of carboxylic acids is 1. The Morgan fingerprint density at radius 3 is 2.35 bits per heavy atom. The number of ether oxygens (including phenoxy) is 3. The van der Waals surface area contributed by atoms with Crippen LogP contribution >= 0.6 is 0 Å². The molecule has 0 aliphatic rings. The van der Waals surface area contributed by atoms with E-state index in [2.05, 4.69) is 25.4 Å². The Morgan fingerprint density at radius 2 is 1.80 bits per heavy atom. The van der Waals surface area contributed by atoms with Gasteiger partial charge in [-0.3, -0.25) is 15.2 Å². The highest BCUT2D eigenvalue weighted by Crippen LogP contribution is 2.37. The number of aromatic nitrogens is 5. The maximum absolute atomic E-state index is 12.8. The van der Waals surface area contributed by atoms with Gasteiger partial charge in [-0.25, -0.2) is 14.8 Å². The lowest BCUT2D eigenvalue weighted by atomic mass is 10.0. The zero-order valence-electron chi connectivity index (χ0n) is 22.3. The minimum absolute atomic E-state index is 0.0341. The minimum atomic E-state index is -0.833. The number of methoxy groups -OCH3 is 3. The molecule has 1 atom stereocenters. The van der Waals surface area contributed by atoms with Crippen molar-refractivity contribution < 1.29 is 24.1 Å². The summed E-state index contributed by atoms with van der Waals surface area (Å²) in [6.45, 7) is 1.36. The van der Waals surface area contributed by atoms with Crippen molar-refractivity contribution in [2.75, 3.05) is 26.6 Å². The van der Waals surface area contributed by atoms with Crippen molar-refractivity contribution in [2.45, 2.75) is 19.6 Å². The number of hydrogen-bond donors (Lipinski definition) is 5. The average Bonchev–Trinajstić information content (AvgIpc) is 3.33. The van der Waals surface area contributed by atoms with E-state index in [0.29, 0.717) is 28.6 Å². The molecule has 0 aliphatic carbocycles. The molecule has 40 heavy (non-hydrogen) atoms. The van der Waals surface area contributed by atoms with Crippen LogP contribution in [0.3, 0.4) is 0 Å². The molecule has 210 valence electrons. The first-order valence-corrected chi connectivity index (χ1v) is 11.8. The first-order valence-electron chi connectivity index (χ1n) is 11.8. The van der Waals surface area contributed by atoms with E-state index in [9.17, 15) is 4.79 Å². The second kappa shape index (κ2) is 13.5. The SMILES string of the molecule is CC(=O)O.COCc1cc(C(Nc2ccc(C(=N)N)cc2)c2nn(-c3ncccn3)c(=O)[nH]2)cc(OC)c1OC. The van der Waals surface area contributed by atoms with Crippen molar-refractivity contribution in [3.05, 3.63) is 87.9 Å². The largest absolute Gasteiger partial charge is 0.493 e. The topological polar surface area (TPSA) is 203 Å². The van der Waals surface area contributed by atoms with Crippen molar-refractivity contribution in [3.63, 3.8) is 0 Å². The number of rotatable bonds is 10. The maximum atomic E-state index is 12.8. The Kier molecular flexibility index (Phi) is 9.91. The highest BCUT2D eigenvalue weighted by atomic mass is 16.5.